The van der Waals surface area contributed by atoms with Crippen LogP contribution in [0, 0.1) is 0 Å². The van der Waals surface area contributed by atoms with E-state index in [2.05, 4.69) is 29.7 Å². The Morgan fingerprint density at radius 2 is 2.07 bits per heavy atom. The Hall–Kier alpha value is -0.340. The van der Waals surface area contributed by atoms with Crippen LogP contribution in [0.25, 0.3) is 0 Å². The maximum Gasteiger partial charge on any atom is 0.0195 e. The third-order valence-corrected chi connectivity index (χ3v) is 3.40. The van der Waals surface area contributed by atoms with Crippen LogP contribution in [-0.4, -0.2) is 24.7 Å². The van der Waals surface area contributed by atoms with Gasteiger partial charge in [0.15, 0.2) is 0 Å². The third-order valence-electron chi connectivity index (χ3n) is 3.40. The Morgan fingerprint density at radius 3 is 2.71 bits per heavy atom. The standard InChI is InChI=1S/C12H22N2/c1-10-7-8-12(9-13-10)14-11-5-3-2-4-6-11/h2-3,10-14H,4-9H2,1H3. The predicted molar refractivity (Wildman–Crippen MR) is 60.4 cm³/mol. The van der Waals surface area contributed by atoms with E-state index in [1.165, 1.54) is 32.1 Å². The molecule has 2 N–H and O–H groups in total. The molecule has 14 heavy (non-hydrogen) atoms. The van der Waals surface area contributed by atoms with E-state index in [9.17, 15) is 0 Å². The van der Waals surface area contributed by atoms with Crippen LogP contribution >= 0.6 is 0 Å². The van der Waals surface area contributed by atoms with E-state index in [0.717, 1.165) is 18.6 Å². The summed E-state index contributed by atoms with van der Waals surface area (Å²) in [6, 6.07) is 2.17. The fraction of sp³-hybridized carbons (Fsp3) is 0.833. The highest BCUT2D eigenvalue weighted by atomic mass is 15.0. The van der Waals surface area contributed by atoms with Gasteiger partial charge in [-0.05, 0) is 39.0 Å². The van der Waals surface area contributed by atoms with Gasteiger partial charge in [-0.3, -0.25) is 0 Å². The molecule has 3 atom stereocenters. The van der Waals surface area contributed by atoms with Crippen molar-refractivity contribution in [3.63, 3.8) is 0 Å². The Bertz CT molecular complexity index is 192. The van der Waals surface area contributed by atoms with Crippen molar-refractivity contribution in [1.29, 1.82) is 0 Å². The lowest BCUT2D eigenvalue weighted by Crippen LogP contribution is -2.50. The SMILES string of the molecule is CC1CCC(NC2CC=CCC2)CN1. The van der Waals surface area contributed by atoms with Crippen LogP contribution in [0.4, 0.5) is 0 Å². The molecule has 0 aromatic carbocycles. The topological polar surface area (TPSA) is 24.1 Å². The van der Waals surface area contributed by atoms with Crippen LogP contribution < -0.4 is 10.6 Å². The fourth-order valence-electron chi connectivity index (χ4n) is 2.42. The fourth-order valence-corrected chi connectivity index (χ4v) is 2.42. The predicted octanol–water partition coefficient (Wildman–Crippen LogP) is 1.83. The molecule has 2 aliphatic rings. The summed E-state index contributed by atoms with van der Waals surface area (Å²) in [5.41, 5.74) is 0. The molecule has 0 bridgehead atoms. The molecule has 3 unspecified atom stereocenters. The van der Waals surface area contributed by atoms with Gasteiger partial charge in [-0.25, -0.2) is 0 Å². The van der Waals surface area contributed by atoms with E-state index in [1.807, 2.05) is 0 Å². The van der Waals surface area contributed by atoms with Crippen molar-refractivity contribution in [1.82, 2.24) is 10.6 Å². The maximum atomic E-state index is 3.76. The zero-order chi connectivity index (χ0) is 9.80. The second-order valence-corrected chi connectivity index (χ2v) is 4.73. The van der Waals surface area contributed by atoms with Crippen molar-refractivity contribution in [3.8, 4) is 0 Å². The second kappa shape index (κ2) is 4.94. The number of allylic oxidation sites excluding steroid dienone is 1. The monoisotopic (exact) mass is 194 g/mol. The average molecular weight is 194 g/mol. The van der Waals surface area contributed by atoms with Gasteiger partial charge in [0.2, 0.25) is 0 Å². The molecule has 1 aliphatic heterocycles. The molecule has 0 aromatic heterocycles. The normalized spacial score (nSPS) is 38.5. The quantitative estimate of drug-likeness (QED) is 0.655. The minimum atomic E-state index is 0.711. The molecule has 2 rings (SSSR count). The van der Waals surface area contributed by atoms with E-state index in [4.69, 9.17) is 0 Å². The van der Waals surface area contributed by atoms with Crippen molar-refractivity contribution < 1.29 is 0 Å². The minimum absolute atomic E-state index is 0.711. The minimum Gasteiger partial charge on any atom is -0.313 e. The van der Waals surface area contributed by atoms with Crippen molar-refractivity contribution >= 4 is 0 Å². The third kappa shape index (κ3) is 2.82. The summed E-state index contributed by atoms with van der Waals surface area (Å²) in [7, 11) is 0. The maximum absolute atomic E-state index is 3.76. The van der Waals surface area contributed by atoms with E-state index in [1.54, 1.807) is 0 Å². The lowest BCUT2D eigenvalue weighted by Gasteiger charge is -2.32. The highest BCUT2D eigenvalue weighted by Crippen LogP contribution is 2.14. The summed E-state index contributed by atoms with van der Waals surface area (Å²) in [5.74, 6) is 0. The molecule has 0 spiro atoms. The Labute approximate surface area is 87.2 Å². The first-order chi connectivity index (χ1) is 6.84. The molecule has 0 amide bonds. The van der Waals surface area contributed by atoms with Gasteiger partial charge in [0.05, 0.1) is 0 Å². The van der Waals surface area contributed by atoms with E-state index < -0.39 is 0 Å². The van der Waals surface area contributed by atoms with Gasteiger partial charge in [-0.2, -0.15) is 0 Å². The molecule has 0 radical (unpaired) electrons. The summed E-state index contributed by atoms with van der Waals surface area (Å²) < 4.78 is 0. The van der Waals surface area contributed by atoms with Gasteiger partial charge in [0.1, 0.15) is 0 Å². The van der Waals surface area contributed by atoms with Crippen LogP contribution in [0.15, 0.2) is 12.2 Å². The first-order valence-electron chi connectivity index (χ1n) is 5.99. The lowest BCUT2D eigenvalue weighted by molar-refractivity contribution is 0.305. The van der Waals surface area contributed by atoms with Crippen molar-refractivity contribution in [2.45, 2.75) is 57.2 Å². The molecule has 1 aliphatic carbocycles. The summed E-state index contributed by atoms with van der Waals surface area (Å²) >= 11 is 0. The molecule has 2 nitrogen and oxygen atoms in total. The molecular formula is C12H22N2. The summed E-state index contributed by atoms with van der Waals surface area (Å²) in [4.78, 5) is 0. The van der Waals surface area contributed by atoms with E-state index in [0.29, 0.717) is 6.04 Å². The van der Waals surface area contributed by atoms with E-state index >= 15 is 0 Å². The zero-order valence-corrected chi connectivity index (χ0v) is 9.13. The number of hydrogen-bond donors (Lipinski definition) is 2. The van der Waals surface area contributed by atoms with Crippen LogP contribution in [0.5, 0.6) is 0 Å². The molecule has 0 aromatic rings. The molecule has 0 saturated carbocycles. The highest BCUT2D eigenvalue weighted by Gasteiger charge is 2.20. The molecule has 2 heteroatoms. The first-order valence-corrected chi connectivity index (χ1v) is 5.99. The van der Waals surface area contributed by atoms with Crippen molar-refractivity contribution in [2.75, 3.05) is 6.54 Å². The van der Waals surface area contributed by atoms with Gasteiger partial charge in [0, 0.05) is 24.7 Å². The van der Waals surface area contributed by atoms with Gasteiger partial charge < -0.3 is 10.6 Å². The second-order valence-electron chi connectivity index (χ2n) is 4.73. The Morgan fingerprint density at radius 1 is 1.14 bits per heavy atom. The number of piperidine rings is 1. The van der Waals surface area contributed by atoms with Gasteiger partial charge in [-0.1, -0.05) is 12.2 Å². The zero-order valence-electron chi connectivity index (χ0n) is 9.13. The first kappa shape index (κ1) is 10.2. The van der Waals surface area contributed by atoms with Crippen LogP contribution in [0.3, 0.4) is 0 Å². The highest BCUT2D eigenvalue weighted by molar-refractivity contribution is 4.94. The van der Waals surface area contributed by atoms with Gasteiger partial charge in [-0.15, -0.1) is 0 Å². The number of rotatable bonds is 2. The Balaban J connectivity index is 1.72. The average Bonchev–Trinajstić information content (AvgIpc) is 2.23. The summed E-state index contributed by atoms with van der Waals surface area (Å²) in [6.45, 7) is 3.43. The lowest BCUT2D eigenvalue weighted by atomic mass is 9.97. The summed E-state index contributed by atoms with van der Waals surface area (Å²) in [5, 5.41) is 7.31. The molecule has 1 saturated heterocycles. The van der Waals surface area contributed by atoms with Gasteiger partial charge >= 0.3 is 0 Å². The Kier molecular flexibility index (Phi) is 3.60. The number of nitrogens with one attached hydrogen (secondary N) is 2. The molecular weight excluding hydrogens is 172 g/mol. The molecule has 80 valence electrons. The number of hydrogen-bond acceptors (Lipinski definition) is 2. The van der Waals surface area contributed by atoms with Crippen LogP contribution in [-0.2, 0) is 0 Å². The van der Waals surface area contributed by atoms with Gasteiger partial charge in [0.25, 0.3) is 0 Å². The summed E-state index contributed by atoms with van der Waals surface area (Å²) in [6.07, 6.45) is 11.1. The van der Waals surface area contributed by atoms with Crippen molar-refractivity contribution in [3.05, 3.63) is 12.2 Å². The van der Waals surface area contributed by atoms with Crippen molar-refractivity contribution in [2.24, 2.45) is 0 Å². The molecule has 1 fully saturated rings. The van der Waals surface area contributed by atoms with E-state index in [-0.39, 0.29) is 0 Å². The molecule has 1 heterocycles. The van der Waals surface area contributed by atoms with Crippen LogP contribution in [0.2, 0.25) is 0 Å². The smallest absolute Gasteiger partial charge is 0.0195 e. The van der Waals surface area contributed by atoms with Crippen LogP contribution in [0.1, 0.15) is 39.0 Å². The largest absolute Gasteiger partial charge is 0.313 e.